The smallest absolute Gasteiger partial charge is 0.304 e. The van der Waals surface area contributed by atoms with Gasteiger partial charge in [0.2, 0.25) is 5.91 Å². The Bertz CT molecular complexity index is 1160. The van der Waals surface area contributed by atoms with Gasteiger partial charge in [0, 0.05) is 5.56 Å². The van der Waals surface area contributed by atoms with Crippen molar-refractivity contribution in [2.24, 2.45) is 0 Å². The van der Waals surface area contributed by atoms with Crippen LogP contribution in [0.25, 0.3) is 0 Å². The van der Waals surface area contributed by atoms with Crippen LogP contribution in [0, 0.1) is 6.92 Å². The highest BCUT2D eigenvalue weighted by Crippen LogP contribution is 2.38. The molecule has 0 bridgehead atoms. The summed E-state index contributed by atoms with van der Waals surface area (Å²) in [5.74, 6) is -0.587. The van der Waals surface area contributed by atoms with Crippen molar-refractivity contribution in [1.29, 1.82) is 0 Å². The molecule has 1 heterocycles. The lowest BCUT2D eigenvalue weighted by Crippen LogP contribution is -2.54. The summed E-state index contributed by atoms with van der Waals surface area (Å²) >= 11 is 0. The number of aryl methyl sites for hydroxylation is 1. The Morgan fingerprint density at radius 3 is 2.09 bits per heavy atom. The van der Waals surface area contributed by atoms with Crippen molar-refractivity contribution < 1.29 is 22.8 Å². The molecule has 0 unspecified atom stereocenters. The van der Waals surface area contributed by atoms with Crippen LogP contribution in [-0.4, -0.2) is 17.9 Å². The molecule has 7 heteroatoms. The van der Waals surface area contributed by atoms with Crippen LogP contribution >= 0.6 is 0 Å². The first kappa shape index (κ1) is 21.6. The molecule has 1 aliphatic rings. The molecule has 2 amide bonds. The number of carbonyl (C=O) groups excluding carboxylic acids is 2. The second-order valence-corrected chi connectivity index (χ2v) is 7.82. The number of carbonyl (C=O) groups is 2. The SMILES string of the molecule is Cc1ccc(C(=O)N2c3ccccc3N(Cc3ccc(C(F)(F)F)cc3)C(=O)[C@H]2C)cc1. The van der Waals surface area contributed by atoms with Gasteiger partial charge < -0.3 is 4.90 Å². The van der Waals surface area contributed by atoms with Gasteiger partial charge in [-0.1, -0.05) is 42.0 Å². The van der Waals surface area contributed by atoms with Gasteiger partial charge in [-0.3, -0.25) is 14.5 Å². The normalized spacial score (nSPS) is 16.2. The third kappa shape index (κ3) is 3.98. The number of anilines is 2. The molecular formula is C25H21F3N2O2. The monoisotopic (exact) mass is 438 g/mol. The van der Waals surface area contributed by atoms with Crippen LogP contribution < -0.4 is 9.80 Å². The average molecular weight is 438 g/mol. The van der Waals surface area contributed by atoms with E-state index in [1.54, 1.807) is 43.3 Å². The van der Waals surface area contributed by atoms with Crippen LogP contribution in [-0.2, 0) is 17.5 Å². The number of halogens is 3. The molecule has 3 aromatic rings. The van der Waals surface area contributed by atoms with Crippen LogP contribution in [0.5, 0.6) is 0 Å². The molecule has 3 aromatic carbocycles. The van der Waals surface area contributed by atoms with E-state index >= 15 is 0 Å². The van der Waals surface area contributed by atoms with Gasteiger partial charge in [-0.2, -0.15) is 13.2 Å². The van der Waals surface area contributed by atoms with Gasteiger partial charge in [-0.25, -0.2) is 0 Å². The Morgan fingerprint density at radius 2 is 1.50 bits per heavy atom. The van der Waals surface area contributed by atoms with E-state index in [9.17, 15) is 22.8 Å². The van der Waals surface area contributed by atoms with E-state index in [0.717, 1.165) is 17.7 Å². The largest absolute Gasteiger partial charge is 0.416 e. The van der Waals surface area contributed by atoms with Crippen molar-refractivity contribution in [2.45, 2.75) is 32.6 Å². The zero-order chi connectivity index (χ0) is 23.0. The van der Waals surface area contributed by atoms with Crippen molar-refractivity contribution in [3.63, 3.8) is 0 Å². The summed E-state index contributed by atoms with van der Waals surface area (Å²) in [4.78, 5) is 29.5. The third-order valence-corrected chi connectivity index (χ3v) is 5.58. The Balaban J connectivity index is 1.68. The van der Waals surface area contributed by atoms with Gasteiger partial charge in [0.1, 0.15) is 6.04 Å². The van der Waals surface area contributed by atoms with E-state index < -0.39 is 17.8 Å². The van der Waals surface area contributed by atoms with Crippen LogP contribution in [0.2, 0.25) is 0 Å². The fraction of sp³-hybridized carbons (Fsp3) is 0.200. The van der Waals surface area contributed by atoms with Crippen molar-refractivity contribution in [1.82, 2.24) is 0 Å². The zero-order valence-electron chi connectivity index (χ0n) is 17.6. The third-order valence-electron chi connectivity index (χ3n) is 5.58. The van der Waals surface area contributed by atoms with Crippen LogP contribution in [0.1, 0.15) is 34.0 Å². The van der Waals surface area contributed by atoms with Crippen molar-refractivity contribution in [3.8, 4) is 0 Å². The van der Waals surface area contributed by atoms with E-state index in [-0.39, 0.29) is 18.4 Å². The van der Waals surface area contributed by atoms with Gasteiger partial charge in [0.05, 0.1) is 23.5 Å². The quantitative estimate of drug-likeness (QED) is 0.534. The molecule has 1 atom stereocenters. The Hall–Kier alpha value is -3.61. The first-order valence-electron chi connectivity index (χ1n) is 10.1. The van der Waals surface area contributed by atoms with Crippen molar-refractivity contribution in [3.05, 3.63) is 95.1 Å². The predicted molar refractivity (Wildman–Crippen MR) is 117 cm³/mol. The molecule has 4 rings (SSSR count). The maximum absolute atomic E-state index is 13.3. The van der Waals surface area contributed by atoms with E-state index in [1.807, 2.05) is 19.1 Å². The molecule has 0 N–H and O–H groups in total. The van der Waals surface area contributed by atoms with E-state index in [4.69, 9.17) is 0 Å². The maximum Gasteiger partial charge on any atom is 0.416 e. The highest BCUT2D eigenvalue weighted by Gasteiger charge is 2.39. The van der Waals surface area contributed by atoms with Crippen molar-refractivity contribution in [2.75, 3.05) is 9.80 Å². The van der Waals surface area contributed by atoms with Gasteiger partial charge >= 0.3 is 6.18 Å². The van der Waals surface area contributed by atoms with Gasteiger partial charge in [-0.05, 0) is 55.8 Å². The molecular weight excluding hydrogens is 417 g/mol. The van der Waals surface area contributed by atoms with Gasteiger partial charge in [0.25, 0.3) is 5.91 Å². The molecule has 0 saturated carbocycles. The second kappa shape index (κ2) is 8.15. The Morgan fingerprint density at radius 1 is 0.906 bits per heavy atom. The van der Waals surface area contributed by atoms with Gasteiger partial charge in [0.15, 0.2) is 0 Å². The van der Waals surface area contributed by atoms with Crippen LogP contribution in [0.15, 0.2) is 72.8 Å². The molecule has 4 nitrogen and oxygen atoms in total. The molecule has 32 heavy (non-hydrogen) atoms. The Kier molecular flexibility index (Phi) is 5.50. The summed E-state index contributed by atoms with van der Waals surface area (Å²) < 4.78 is 38.6. The van der Waals surface area contributed by atoms with Crippen molar-refractivity contribution >= 4 is 23.2 Å². The molecule has 0 fully saturated rings. The number of fused-ring (bicyclic) bond motifs is 1. The van der Waals surface area contributed by atoms with Crippen LogP contribution in [0.3, 0.4) is 0 Å². The fourth-order valence-corrected chi connectivity index (χ4v) is 3.82. The molecule has 0 radical (unpaired) electrons. The number of rotatable bonds is 3. The topological polar surface area (TPSA) is 40.6 Å². The summed E-state index contributed by atoms with van der Waals surface area (Å²) in [7, 11) is 0. The first-order chi connectivity index (χ1) is 15.2. The van der Waals surface area contributed by atoms with E-state index in [0.29, 0.717) is 22.5 Å². The molecule has 0 aromatic heterocycles. The lowest BCUT2D eigenvalue weighted by atomic mass is 10.0. The fourth-order valence-electron chi connectivity index (χ4n) is 3.82. The number of hydrogen-bond donors (Lipinski definition) is 0. The first-order valence-corrected chi connectivity index (χ1v) is 10.1. The highest BCUT2D eigenvalue weighted by atomic mass is 19.4. The van der Waals surface area contributed by atoms with E-state index in [1.165, 1.54) is 21.9 Å². The second-order valence-electron chi connectivity index (χ2n) is 7.82. The summed E-state index contributed by atoms with van der Waals surface area (Å²) in [6, 6.07) is 18.2. The zero-order valence-corrected chi connectivity index (χ0v) is 17.6. The molecule has 0 saturated heterocycles. The number of para-hydroxylation sites is 2. The standard InChI is InChI=1S/C25H21F3N2O2/c1-16-7-11-19(12-8-16)24(32)30-17(2)23(31)29(21-5-3-4-6-22(21)30)15-18-9-13-20(14-10-18)25(26,27)28/h3-14,17H,15H2,1-2H3/t17-/m1/s1. The minimum absolute atomic E-state index is 0.102. The number of nitrogens with zero attached hydrogens (tertiary/aromatic N) is 2. The summed E-state index contributed by atoms with van der Waals surface area (Å²) in [6.07, 6.45) is -4.42. The predicted octanol–water partition coefficient (Wildman–Crippen LogP) is 5.60. The lowest BCUT2D eigenvalue weighted by Gasteiger charge is -2.40. The molecule has 1 aliphatic heterocycles. The molecule has 0 aliphatic carbocycles. The highest BCUT2D eigenvalue weighted by molar-refractivity contribution is 6.17. The van der Waals surface area contributed by atoms with Gasteiger partial charge in [-0.15, -0.1) is 0 Å². The van der Waals surface area contributed by atoms with Crippen LogP contribution in [0.4, 0.5) is 24.5 Å². The summed E-state index contributed by atoms with van der Waals surface area (Å²) in [5, 5.41) is 0. The lowest BCUT2D eigenvalue weighted by molar-refractivity contribution is -0.137. The van der Waals surface area contributed by atoms with E-state index in [2.05, 4.69) is 0 Å². The number of benzene rings is 3. The number of hydrogen-bond acceptors (Lipinski definition) is 2. The molecule has 164 valence electrons. The number of amides is 2. The number of alkyl halides is 3. The molecule has 0 spiro atoms. The summed E-state index contributed by atoms with van der Waals surface area (Å²) in [6.45, 7) is 3.69. The summed E-state index contributed by atoms with van der Waals surface area (Å²) in [5.41, 5.74) is 2.43. The minimum Gasteiger partial charge on any atom is -0.304 e. The maximum atomic E-state index is 13.3. The minimum atomic E-state index is -4.42. The Labute approximate surface area is 183 Å². The average Bonchev–Trinajstić information content (AvgIpc) is 2.77.